The zero-order valence-electron chi connectivity index (χ0n) is 10.3. The number of hydrogen-bond donors (Lipinski definition) is 0. The summed E-state index contributed by atoms with van der Waals surface area (Å²) < 4.78 is 1.82. The van der Waals surface area contributed by atoms with Crippen molar-refractivity contribution in [1.29, 1.82) is 0 Å². The van der Waals surface area contributed by atoms with Gasteiger partial charge >= 0.3 is 0 Å². The highest BCUT2D eigenvalue weighted by molar-refractivity contribution is 9.11. The molecule has 0 saturated carbocycles. The van der Waals surface area contributed by atoms with Crippen molar-refractivity contribution < 1.29 is 4.79 Å². The van der Waals surface area contributed by atoms with E-state index in [0.29, 0.717) is 5.56 Å². The van der Waals surface area contributed by atoms with Gasteiger partial charge in [-0.15, -0.1) is 0 Å². The van der Waals surface area contributed by atoms with E-state index in [1.54, 1.807) is 0 Å². The van der Waals surface area contributed by atoms with Crippen LogP contribution < -0.4 is 0 Å². The first-order chi connectivity index (χ1) is 7.95. The van der Waals surface area contributed by atoms with Gasteiger partial charge in [0.1, 0.15) is 0 Å². The third-order valence-corrected chi connectivity index (χ3v) is 3.37. The first-order valence-electron chi connectivity index (χ1n) is 5.72. The Balaban J connectivity index is 3.00. The minimum absolute atomic E-state index is 0.0869. The Morgan fingerprint density at radius 3 is 2.18 bits per heavy atom. The summed E-state index contributed by atoms with van der Waals surface area (Å²) in [7, 11) is 0. The highest BCUT2D eigenvalue weighted by Crippen LogP contribution is 2.21. The van der Waals surface area contributed by atoms with E-state index < -0.39 is 0 Å². The van der Waals surface area contributed by atoms with Crippen LogP contribution >= 0.6 is 31.9 Å². The molecule has 0 spiro atoms. The van der Waals surface area contributed by atoms with Crippen LogP contribution in [0.2, 0.25) is 0 Å². The maximum atomic E-state index is 12.4. The Labute approximate surface area is 120 Å². The molecule has 1 aromatic rings. The van der Waals surface area contributed by atoms with Crippen molar-refractivity contribution in [3.63, 3.8) is 0 Å². The second-order valence-electron chi connectivity index (χ2n) is 4.25. The van der Waals surface area contributed by atoms with Crippen LogP contribution in [0.3, 0.4) is 0 Å². The zero-order valence-corrected chi connectivity index (χ0v) is 13.5. The van der Waals surface area contributed by atoms with Crippen LogP contribution in [0.1, 0.15) is 37.6 Å². The van der Waals surface area contributed by atoms with E-state index in [2.05, 4.69) is 38.8 Å². The molecule has 1 rings (SSSR count). The molecule has 4 heteroatoms. The van der Waals surface area contributed by atoms with Crippen LogP contribution in [-0.2, 0) is 0 Å². The molecule has 94 valence electrons. The summed E-state index contributed by atoms with van der Waals surface area (Å²) in [5.41, 5.74) is 0.716. The number of hydrogen-bond acceptors (Lipinski definition) is 1. The molecule has 0 aliphatic heterocycles. The topological polar surface area (TPSA) is 20.3 Å². The molecular weight excluding hydrogens is 346 g/mol. The summed E-state index contributed by atoms with van der Waals surface area (Å²) in [5.74, 6) is 0.0869. The molecule has 17 heavy (non-hydrogen) atoms. The Bertz CT molecular complexity index is 384. The fourth-order valence-corrected chi connectivity index (χ4v) is 2.97. The van der Waals surface area contributed by atoms with E-state index in [1.165, 1.54) is 0 Å². The van der Waals surface area contributed by atoms with Crippen molar-refractivity contribution in [3.8, 4) is 0 Å². The number of amides is 1. The summed E-state index contributed by atoms with van der Waals surface area (Å²) in [5, 5.41) is 0. The second kappa shape index (κ2) is 6.55. The minimum atomic E-state index is 0.0869. The molecule has 0 heterocycles. The van der Waals surface area contributed by atoms with Crippen molar-refractivity contribution in [2.24, 2.45) is 0 Å². The summed E-state index contributed by atoms with van der Waals surface area (Å²) in [6.07, 6.45) is 0.971. The normalized spacial score (nSPS) is 10.7. The van der Waals surface area contributed by atoms with Crippen LogP contribution in [-0.4, -0.2) is 23.4 Å². The quantitative estimate of drug-likeness (QED) is 0.773. The fourth-order valence-electron chi connectivity index (χ4n) is 1.68. The van der Waals surface area contributed by atoms with Gasteiger partial charge in [-0.1, -0.05) is 38.8 Å². The molecule has 0 radical (unpaired) electrons. The first kappa shape index (κ1) is 14.7. The third kappa shape index (κ3) is 4.11. The number of halogens is 2. The molecule has 1 amide bonds. The predicted molar refractivity (Wildman–Crippen MR) is 78.3 cm³/mol. The first-order valence-corrected chi connectivity index (χ1v) is 7.31. The van der Waals surface area contributed by atoms with Crippen molar-refractivity contribution in [2.45, 2.75) is 33.2 Å². The van der Waals surface area contributed by atoms with Gasteiger partial charge in [0, 0.05) is 27.1 Å². The largest absolute Gasteiger partial charge is 0.336 e. The number of nitrogens with zero attached hydrogens (tertiary/aromatic N) is 1. The van der Waals surface area contributed by atoms with Gasteiger partial charge in [-0.3, -0.25) is 4.79 Å². The summed E-state index contributed by atoms with van der Waals surface area (Å²) in [6, 6.07) is 5.87. The van der Waals surface area contributed by atoms with Crippen molar-refractivity contribution in [2.75, 3.05) is 6.54 Å². The van der Waals surface area contributed by atoms with E-state index in [1.807, 2.05) is 36.9 Å². The van der Waals surface area contributed by atoms with Crippen molar-refractivity contribution in [1.82, 2.24) is 4.90 Å². The van der Waals surface area contributed by atoms with E-state index in [4.69, 9.17) is 0 Å². The van der Waals surface area contributed by atoms with Gasteiger partial charge in [-0.2, -0.15) is 0 Å². The molecule has 2 nitrogen and oxygen atoms in total. The smallest absolute Gasteiger partial charge is 0.254 e. The lowest BCUT2D eigenvalue weighted by Gasteiger charge is -2.26. The van der Waals surface area contributed by atoms with Gasteiger partial charge in [0.05, 0.1) is 0 Å². The molecule has 0 aromatic heterocycles. The van der Waals surface area contributed by atoms with Crippen molar-refractivity contribution >= 4 is 37.8 Å². The molecule has 0 saturated heterocycles. The van der Waals surface area contributed by atoms with E-state index >= 15 is 0 Å². The highest BCUT2D eigenvalue weighted by Gasteiger charge is 2.18. The van der Waals surface area contributed by atoms with Crippen LogP contribution in [0.4, 0.5) is 0 Å². The van der Waals surface area contributed by atoms with Crippen LogP contribution in [0.5, 0.6) is 0 Å². The Morgan fingerprint density at radius 1 is 1.24 bits per heavy atom. The van der Waals surface area contributed by atoms with Gasteiger partial charge in [-0.25, -0.2) is 0 Å². The maximum Gasteiger partial charge on any atom is 0.254 e. The lowest BCUT2D eigenvalue weighted by molar-refractivity contribution is 0.0706. The Morgan fingerprint density at radius 2 is 1.76 bits per heavy atom. The Kier molecular flexibility index (Phi) is 5.67. The highest BCUT2D eigenvalue weighted by atomic mass is 79.9. The molecule has 0 aliphatic carbocycles. The molecule has 1 aromatic carbocycles. The molecule has 0 unspecified atom stereocenters. The average molecular weight is 363 g/mol. The second-order valence-corrected chi connectivity index (χ2v) is 6.08. The average Bonchev–Trinajstić information content (AvgIpc) is 2.23. The zero-order chi connectivity index (χ0) is 13.0. The lowest BCUT2D eigenvalue weighted by Crippen LogP contribution is -2.37. The van der Waals surface area contributed by atoms with Crippen LogP contribution in [0, 0.1) is 0 Å². The molecule has 0 atom stereocenters. The van der Waals surface area contributed by atoms with Gasteiger partial charge in [-0.05, 0) is 38.5 Å². The summed E-state index contributed by atoms with van der Waals surface area (Å²) >= 11 is 6.81. The molecule has 0 fully saturated rings. The number of rotatable bonds is 4. The summed E-state index contributed by atoms with van der Waals surface area (Å²) in [4.78, 5) is 14.3. The molecule has 0 N–H and O–H groups in total. The Hall–Kier alpha value is -0.350. The molecular formula is C13H17Br2NO. The monoisotopic (exact) mass is 361 g/mol. The van der Waals surface area contributed by atoms with Crippen LogP contribution in [0.25, 0.3) is 0 Å². The minimum Gasteiger partial charge on any atom is -0.336 e. The fraction of sp³-hybridized carbons (Fsp3) is 0.462. The van der Waals surface area contributed by atoms with Crippen LogP contribution in [0.15, 0.2) is 27.1 Å². The third-order valence-electron chi connectivity index (χ3n) is 2.46. The number of benzene rings is 1. The van der Waals surface area contributed by atoms with E-state index in [0.717, 1.165) is 21.9 Å². The number of carbonyl (C=O) groups excluding carboxylic acids is 1. The van der Waals surface area contributed by atoms with Gasteiger partial charge in [0.2, 0.25) is 0 Å². The van der Waals surface area contributed by atoms with E-state index in [-0.39, 0.29) is 11.9 Å². The standard InChI is InChI=1S/C13H17Br2NO/c1-4-5-16(9(2)3)13(17)10-6-11(14)8-12(15)7-10/h6-9H,4-5H2,1-3H3. The lowest BCUT2D eigenvalue weighted by atomic mass is 10.1. The van der Waals surface area contributed by atoms with Gasteiger partial charge in [0.15, 0.2) is 0 Å². The van der Waals surface area contributed by atoms with Gasteiger partial charge < -0.3 is 4.90 Å². The van der Waals surface area contributed by atoms with E-state index in [9.17, 15) is 4.79 Å². The molecule has 0 bridgehead atoms. The number of carbonyl (C=O) groups is 1. The SMILES string of the molecule is CCCN(C(=O)c1cc(Br)cc(Br)c1)C(C)C. The predicted octanol–water partition coefficient (Wildman–Crippen LogP) is 4.47. The maximum absolute atomic E-state index is 12.4. The molecule has 0 aliphatic rings. The van der Waals surface area contributed by atoms with Crippen molar-refractivity contribution in [3.05, 3.63) is 32.7 Å². The van der Waals surface area contributed by atoms with Gasteiger partial charge in [0.25, 0.3) is 5.91 Å². The summed E-state index contributed by atoms with van der Waals surface area (Å²) in [6.45, 7) is 6.96.